The highest BCUT2D eigenvalue weighted by Crippen LogP contribution is 2.31. The average molecular weight is 364 g/mol. The van der Waals surface area contributed by atoms with Crippen molar-refractivity contribution in [2.75, 3.05) is 7.05 Å². The Bertz CT molecular complexity index is 788. The van der Waals surface area contributed by atoms with Gasteiger partial charge in [-0.2, -0.15) is 13.2 Å². The molecule has 138 valence electrons. The van der Waals surface area contributed by atoms with Gasteiger partial charge in [-0.3, -0.25) is 4.79 Å². The predicted octanol–water partition coefficient (Wildman–Crippen LogP) is 4.11. The van der Waals surface area contributed by atoms with Gasteiger partial charge in [0.2, 0.25) is 5.91 Å². The number of halogens is 3. The van der Waals surface area contributed by atoms with Crippen LogP contribution in [0.4, 0.5) is 13.2 Å². The fourth-order valence-electron chi connectivity index (χ4n) is 2.29. The van der Waals surface area contributed by atoms with Crippen LogP contribution in [0.5, 0.6) is 0 Å². The Morgan fingerprint density at radius 3 is 2.65 bits per heavy atom. The van der Waals surface area contributed by atoms with Crippen LogP contribution in [-0.4, -0.2) is 19.2 Å². The summed E-state index contributed by atoms with van der Waals surface area (Å²) >= 11 is 0. The molecule has 0 aromatic heterocycles. The van der Waals surface area contributed by atoms with Crippen LogP contribution in [0.3, 0.4) is 0 Å². The van der Waals surface area contributed by atoms with Crippen molar-refractivity contribution < 1.29 is 22.8 Å². The Labute approximate surface area is 149 Å². The molecule has 0 spiro atoms. The number of nitrogens with one attached hydrogen (secondary N) is 1. The summed E-state index contributed by atoms with van der Waals surface area (Å²) in [6.07, 6.45) is -3.41. The second-order valence-electron chi connectivity index (χ2n) is 5.65. The molecule has 2 aromatic carbocycles. The van der Waals surface area contributed by atoms with Crippen LogP contribution < -0.4 is 5.32 Å². The monoisotopic (exact) mass is 364 g/mol. The number of rotatable bonds is 6. The van der Waals surface area contributed by atoms with Gasteiger partial charge in [0.15, 0.2) is 0 Å². The smallest absolute Gasteiger partial charge is 0.388 e. The van der Waals surface area contributed by atoms with E-state index in [4.69, 9.17) is 4.84 Å². The highest BCUT2D eigenvalue weighted by molar-refractivity contribution is 5.86. The second-order valence-corrected chi connectivity index (χ2v) is 5.65. The molecule has 0 aliphatic heterocycles. The number of amides is 1. The predicted molar refractivity (Wildman–Crippen MR) is 92.8 cm³/mol. The van der Waals surface area contributed by atoms with Crippen LogP contribution >= 0.6 is 0 Å². The minimum Gasteiger partial charge on any atom is -0.388 e. The maximum absolute atomic E-state index is 12.8. The number of likely N-dealkylation sites (N-methyl/N-ethyl adjacent to an activating group) is 1. The average Bonchev–Trinajstić information content (AvgIpc) is 2.62. The van der Waals surface area contributed by atoms with Gasteiger partial charge in [0.05, 0.1) is 18.2 Å². The summed E-state index contributed by atoms with van der Waals surface area (Å²) in [5.41, 5.74) is 1.11. The molecule has 0 aliphatic rings. The van der Waals surface area contributed by atoms with Gasteiger partial charge in [0.25, 0.3) is 0 Å². The summed E-state index contributed by atoms with van der Waals surface area (Å²) < 4.78 is 38.3. The molecule has 1 atom stereocenters. The summed E-state index contributed by atoms with van der Waals surface area (Å²) in [5.74, 6) is -0.135. The molecule has 1 N–H and O–H groups in total. The molecular weight excluding hydrogens is 345 g/mol. The molecule has 0 saturated heterocycles. The van der Waals surface area contributed by atoms with E-state index in [1.807, 2.05) is 6.07 Å². The number of hydrogen-bond acceptors (Lipinski definition) is 3. The largest absolute Gasteiger partial charge is 0.416 e. The van der Waals surface area contributed by atoms with Crippen LogP contribution in [0.1, 0.15) is 35.3 Å². The van der Waals surface area contributed by atoms with E-state index >= 15 is 0 Å². The number of nitrogens with zero attached hydrogens (tertiary/aromatic N) is 1. The Kier molecular flexibility index (Phi) is 6.38. The van der Waals surface area contributed by atoms with E-state index in [1.54, 1.807) is 38.2 Å². The molecule has 26 heavy (non-hydrogen) atoms. The van der Waals surface area contributed by atoms with Crippen molar-refractivity contribution in [1.29, 1.82) is 0 Å². The molecule has 2 aromatic rings. The Morgan fingerprint density at radius 2 is 1.96 bits per heavy atom. The summed E-state index contributed by atoms with van der Waals surface area (Å²) in [6.45, 7) is 1.61. The second kappa shape index (κ2) is 8.51. The SMILES string of the molecule is CNC(=O)Cc1ccccc1C=NOC(C)c1cccc(C(F)(F)F)c1. The topological polar surface area (TPSA) is 50.7 Å². The third-order valence-corrected chi connectivity index (χ3v) is 3.78. The lowest BCUT2D eigenvalue weighted by Gasteiger charge is -2.13. The van der Waals surface area contributed by atoms with E-state index in [-0.39, 0.29) is 12.3 Å². The first-order chi connectivity index (χ1) is 12.3. The third-order valence-electron chi connectivity index (χ3n) is 3.78. The Hall–Kier alpha value is -2.83. The molecular formula is C19H19F3N2O2. The van der Waals surface area contributed by atoms with Crippen molar-refractivity contribution >= 4 is 12.1 Å². The Balaban J connectivity index is 2.08. The highest BCUT2D eigenvalue weighted by Gasteiger charge is 2.30. The summed E-state index contributed by atoms with van der Waals surface area (Å²) in [5, 5.41) is 6.41. The van der Waals surface area contributed by atoms with Gasteiger partial charge in [-0.1, -0.05) is 41.6 Å². The molecule has 0 heterocycles. The lowest BCUT2D eigenvalue weighted by atomic mass is 10.1. The first-order valence-corrected chi connectivity index (χ1v) is 7.96. The van der Waals surface area contributed by atoms with Gasteiger partial charge in [0, 0.05) is 7.05 Å². The molecule has 2 rings (SSSR count). The lowest BCUT2D eigenvalue weighted by molar-refractivity contribution is -0.137. The standard InChI is InChI=1S/C19H19F3N2O2/c1-13(14-8-5-9-17(10-14)19(20,21)22)26-24-12-16-7-4-3-6-15(16)11-18(25)23-2/h3-10,12-13H,11H2,1-2H3,(H,23,25). The van der Waals surface area contributed by atoms with E-state index in [0.717, 1.165) is 17.7 Å². The molecule has 0 radical (unpaired) electrons. The quantitative estimate of drug-likeness (QED) is 0.620. The van der Waals surface area contributed by atoms with Gasteiger partial charge in [-0.15, -0.1) is 0 Å². The zero-order chi connectivity index (χ0) is 19.2. The van der Waals surface area contributed by atoms with Crippen molar-refractivity contribution in [3.05, 3.63) is 70.8 Å². The minimum atomic E-state index is -4.40. The normalized spacial score (nSPS) is 12.8. The van der Waals surface area contributed by atoms with Crippen LogP contribution in [0.25, 0.3) is 0 Å². The number of hydrogen-bond donors (Lipinski definition) is 1. The summed E-state index contributed by atoms with van der Waals surface area (Å²) in [6, 6.07) is 12.1. The Morgan fingerprint density at radius 1 is 1.23 bits per heavy atom. The first-order valence-electron chi connectivity index (χ1n) is 7.96. The molecule has 0 fully saturated rings. The van der Waals surface area contributed by atoms with E-state index in [2.05, 4.69) is 10.5 Å². The zero-order valence-electron chi connectivity index (χ0n) is 14.4. The van der Waals surface area contributed by atoms with Crippen LogP contribution in [-0.2, 0) is 22.2 Å². The molecule has 1 amide bonds. The van der Waals surface area contributed by atoms with Crippen molar-refractivity contribution in [2.45, 2.75) is 25.6 Å². The van der Waals surface area contributed by atoms with Gasteiger partial charge >= 0.3 is 6.18 Å². The molecule has 0 aliphatic carbocycles. The zero-order valence-corrected chi connectivity index (χ0v) is 14.4. The number of oxime groups is 1. The fraction of sp³-hybridized carbons (Fsp3) is 0.263. The molecule has 0 bridgehead atoms. The summed E-state index contributed by atoms with van der Waals surface area (Å²) in [7, 11) is 1.55. The number of carbonyl (C=O) groups excluding carboxylic acids is 1. The van der Waals surface area contributed by atoms with Crippen molar-refractivity contribution in [1.82, 2.24) is 5.32 Å². The number of carbonyl (C=O) groups is 1. The minimum absolute atomic E-state index is 0.135. The summed E-state index contributed by atoms with van der Waals surface area (Å²) in [4.78, 5) is 16.8. The molecule has 4 nitrogen and oxygen atoms in total. The van der Waals surface area contributed by atoms with Crippen molar-refractivity contribution in [3.8, 4) is 0 Å². The maximum atomic E-state index is 12.8. The van der Waals surface area contributed by atoms with Crippen molar-refractivity contribution in [2.24, 2.45) is 5.16 Å². The maximum Gasteiger partial charge on any atom is 0.416 e. The number of alkyl halides is 3. The third kappa shape index (κ3) is 5.34. The van der Waals surface area contributed by atoms with Crippen LogP contribution in [0.2, 0.25) is 0 Å². The molecule has 1 unspecified atom stereocenters. The molecule has 7 heteroatoms. The first kappa shape index (κ1) is 19.5. The van der Waals surface area contributed by atoms with Gasteiger partial charge in [-0.05, 0) is 35.7 Å². The van der Waals surface area contributed by atoms with Gasteiger partial charge in [0.1, 0.15) is 6.10 Å². The van der Waals surface area contributed by atoms with Crippen LogP contribution in [0.15, 0.2) is 53.7 Å². The van der Waals surface area contributed by atoms with E-state index < -0.39 is 17.8 Å². The van der Waals surface area contributed by atoms with E-state index in [0.29, 0.717) is 11.1 Å². The number of benzene rings is 2. The van der Waals surface area contributed by atoms with Gasteiger partial charge in [-0.25, -0.2) is 0 Å². The lowest BCUT2D eigenvalue weighted by Crippen LogP contribution is -2.20. The van der Waals surface area contributed by atoms with E-state index in [1.165, 1.54) is 12.3 Å². The van der Waals surface area contributed by atoms with Crippen LogP contribution in [0, 0.1) is 0 Å². The fourth-order valence-corrected chi connectivity index (χ4v) is 2.29. The molecule has 0 saturated carbocycles. The highest BCUT2D eigenvalue weighted by atomic mass is 19.4. The van der Waals surface area contributed by atoms with Gasteiger partial charge < -0.3 is 10.2 Å². The van der Waals surface area contributed by atoms with Crippen molar-refractivity contribution in [3.63, 3.8) is 0 Å². The van der Waals surface area contributed by atoms with E-state index in [9.17, 15) is 18.0 Å².